The van der Waals surface area contributed by atoms with Crippen LogP contribution in [0.5, 0.6) is 0 Å². The van der Waals surface area contributed by atoms with Crippen LogP contribution in [0.25, 0.3) is 0 Å². The lowest BCUT2D eigenvalue weighted by molar-refractivity contribution is -0.127. The van der Waals surface area contributed by atoms with Crippen molar-refractivity contribution in [2.24, 2.45) is 16.9 Å². The van der Waals surface area contributed by atoms with Crippen LogP contribution in [-0.4, -0.2) is 23.3 Å². The molecule has 0 heterocycles. The minimum Gasteiger partial charge on any atom is -0.392 e. The SMILES string of the molecule is NC(=O)CCCNC(=O)C1(C(N)=S)CCCC1. The summed E-state index contributed by atoms with van der Waals surface area (Å²) in [5.74, 6) is -0.462. The van der Waals surface area contributed by atoms with Crippen molar-refractivity contribution >= 4 is 29.0 Å². The second-order valence-corrected chi connectivity index (χ2v) is 4.92. The van der Waals surface area contributed by atoms with E-state index in [9.17, 15) is 9.59 Å². The maximum absolute atomic E-state index is 12.1. The van der Waals surface area contributed by atoms with E-state index < -0.39 is 5.41 Å². The first-order chi connectivity index (χ1) is 7.99. The van der Waals surface area contributed by atoms with Crippen molar-refractivity contribution in [1.29, 1.82) is 0 Å². The Hall–Kier alpha value is -1.17. The summed E-state index contributed by atoms with van der Waals surface area (Å²) in [6.07, 6.45) is 4.24. The second-order valence-electron chi connectivity index (χ2n) is 4.48. The molecule has 5 N–H and O–H groups in total. The molecule has 1 aliphatic rings. The first-order valence-electron chi connectivity index (χ1n) is 5.85. The maximum atomic E-state index is 12.1. The van der Waals surface area contributed by atoms with Crippen LogP contribution in [0.2, 0.25) is 0 Å². The number of rotatable bonds is 6. The summed E-state index contributed by atoms with van der Waals surface area (Å²) in [5, 5.41) is 2.79. The highest BCUT2D eigenvalue weighted by Gasteiger charge is 2.43. The molecule has 17 heavy (non-hydrogen) atoms. The lowest BCUT2D eigenvalue weighted by Crippen LogP contribution is -2.47. The van der Waals surface area contributed by atoms with Gasteiger partial charge in [-0.3, -0.25) is 9.59 Å². The second kappa shape index (κ2) is 5.95. The van der Waals surface area contributed by atoms with Crippen molar-refractivity contribution in [3.05, 3.63) is 0 Å². The average Bonchev–Trinajstić information content (AvgIpc) is 2.74. The Labute approximate surface area is 106 Å². The van der Waals surface area contributed by atoms with Crippen molar-refractivity contribution in [1.82, 2.24) is 5.32 Å². The van der Waals surface area contributed by atoms with E-state index in [1.807, 2.05) is 0 Å². The highest BCUT2D eigenvalue weighted by atomic mass is 32.1. The van der Waals surface area contributed by atoms with Gasteiger partial charge in [-0.05, 0) is 19.3 Å². The van der Waals surface area contributed by atoms with Crippen LogP contribution >= 0.6 is 12.2 Å². The van der Waals surface area contributed by atoms with Crippen molar-refractivity contribution in [2.75, 3.05) is 6.54 Å². The fraction of sp³-hybridized carbons (Fsp3) is 0.727. The van der Waals surface area contributed by atoms with E-state index in [1.165, 1.54) is 0 Å². The van der Waals surface area contributed by atoms with Gasteiger partial charge in [-0.2, -0.15) is 0 Å². The molecule has 0 unspecified atom stereocenters. The van der Waals surface area contributed by atoms with E-state index in [0.29, 0.717) is 13.0 Å². The van der Waals surface area contributed by atoms with Gasteiger partial charge in [-0.15, -0.1) is 0 Å². The van der Waals surface area contributed by atoms with E-state index in [2.05, 4.69) is 5.32 Å². The Balaban J connectivity index is 2.44. The minimum atomic E-state index is -0.665. The van der Waals surface area contributed by atoms with E-state index >= 15 is 0 Å². The molecule has 1 rings (SSSR count). The molecular weight excluding hydrogens is 238 g/mol. The van der Waals surface area contributed by atoms with Gasteiger partial charge in [0.25, 0.3) is 0 Å². The first-order valence-corrected chi connectivity index (χ1v) is 6.26. The average molecular weight is 257 g/mol. The molecule has 0 radical (unpaired) electrons. The predicted octanol–water partition coefficient (Wildman–Crippen LogP) is 0.215. The highest BCUT2D eigenvalue weighted by Crippen LogP contribution is 2.38. The summed E-state index contributed by atoms with van der Waals surface area (Å²) in [6, 6.07) is 0. The fourth-order valence-corrected chi connectivity index (χ4v) is 2.49. The normalized spacial score (nSPS) is 17.6. The number of nitrogens with one attached hydrogen (secondary N) is 1. The van der Waals surface area contributed by atoms with Gasteiger partial charge in [0.2, 0.25) is 11.8 Å². The Bertz CT molecular complexity index is 325. The van der Waals surface area contributed by atoms with E-state index in [4.69, 9.17) is 23.7 Å². The standard InChI is InChI=1S/C11H19N3O2S/c12-8(15)4-3-7-14-10(16)11(9(13)17)5-1-2-6-11/h1-7H2,(H2,12,15)(H2,13,17)(H,14,16). The lowest BCUT2D eigenvalue weighted by atomic mass is 9.85. The Kier molecular flexibility index (Phi) is 4.86. The summed E-state index contributed by atoms with van der Waals surface area (Å²) in [6.45, 7) is 0.437. The third-order valence-corrected chi connectivity index (χ3v) is 3.64. The molecular formula is C11H19N3O2S. The number of hydrogen-bond acceptors (Lipinski definition) is 3. The third-order valence-electron chi connectivity index (χ3n) is 3.25. The maximum Gasteiger partial charge on any atom is 0.233 e. The fourth-order valence-electron chi connectivity index (χ4n) is 2.20. The topological polar surface area (TPSA) is 98.2 Å². The van der Waals surface area contributed by atoms with Crippen LogP contribution in [0.4, 0.5) is 0 Å². The molecule has 1 aliphatic carbocycles. The van der Waals surface area contributed by atoms with Crippen LogP contribution in [0.3, 0.4) is 0 Å². The lowest BCUT2D eigenvalue weighted by Gasteiger charge is -2.26. The Morgan fingerprint density at radius 1 is 1.24 bits per heavy atom. The molecule has 0 aromatic carbocycles. The van der Waals surface area contributed by atoms with Gasteiger partial charge in [0.15, 0.2) is 0 Å². The first kappa shape index (κ1) is 13.9. The van der Waals surface area contributed by atoms with E-state index in [0.717, 1.165) is 25.7 Å². The number of carbonyl (C=O) groups excluding carboxylic acids is 2. The van der Waals surface area contributed by atoms with Crippen LogP contribution in [-0.2, 0) is 9.59 Å². The zero-order valence-corrected chi connectivity index (χ0v) is 10.6. The zero-order chi connectivity index (χ0) is 12.9. The molecule has 1 saturated carbocycles. The Morgan fingerprint density at radius 3 is 2.29 bits per heavy atom. The summed E-state index contributed by atoms with van der Waals surface area (Å²) >= 11 is 5.01. The molecule has 96 valence electrons. The van der Waals surface area contributed by atoms with Gasteiger partial charge >= 0.3 is 0 Å². The smallest absolute Gasteiger partial charge is 0.233 e. The minimum absolute atomic E-state index is 0.105. The summed E-state index contributed by atoms with van der Waals surface area (Å²) in [5.41, 5.74) is 10.0. The highest BCUT2D eigenvalue weighted by molar-refractivity contribution is 7.80. The van der Waals surface area contributed by atoms with Gasteiger partial charge in [-0.1, -0.05) is 25.1 Å². The molecule has 0 aliphatic heterocycles. The van der Waals surface area contributed by atoms with E-state index in [1.54, 1.807) is 0 Å². The molecule has 0 aromatic heterocycles. The van der Waals surface area contributed by atoms with Gasteiger partial charge in [0.05, 0.1) is 10.4 Å². The van der Waals surface area contributed by atoms with Crippen molar-refractivity contribution in [3.63, 3.8) is 0 Å². The third kappa shape index (κ3) is 3.39. The van der Waals surface area contributed by atoms with Gasteiger partial charge in [-0.25, -0.2) is 0 Å². The monoisotopic (exact) mass is 257 g/mol. The van der Waals surface area contributed by atoms with Gasteiger partial charge < -0.3 is 16.8 Å². The van der Waals surface area contributed by atoms with E-state index in [-0.39, 0.29) is 23.2 Å². The number of amides is 2. The number of hydrogen-bond donors (Lipinski definition) is 3. The van der Waals surface area contributed by atoms with Crippen LogP contribution in [0.1, 0.15) is 38.5 Å². The summed E-state index contributed by atoms with van der Waals surface area (Å²) in [7, 11) is 0. The Morgan fingerprint density at radius 2 is 1.82 bits per heavy atom. The van der Waals surface area contributed by atoms with Crippen molar-refractivity contribution < 1.29 is 9.59 Å². The molecule has 1 fully saturated rings. The quantitative estimate of drug-likeness (QED) is 0.468. The van der Waals surface area contributed by atoms with Gasteiger partial charge in [0, 0.05) is 13.0 Å². The van der Waals surface area contributed by atoms with Crippen LogP contribution in [0.15, 0.2) is 0 Å². The molecule has 0 atom stereocenters. The molecule has 2 amide bonds. The summed E-state index contributed by atoms with van der Waals surface area (Å²) in [4.78, 5) is 22.9. The van der Waals surface area contributed by atoms with Crippen molar-refractivity contribution in [3.8, 4) is 0 Å². The number of thiocarbonyl (C=S) groups is 1. The van der Waals surface area contributed by atoms with Crippen LogP contribution < -0.4 is 16.8 Å². The van der Waals surface area contributed by atoms with Gasteiger partial charge in [0.1, 0.15) is 0 Å². The van der Waals surface area contributed by atoms with Crippen LogP contribution in [0, 0.1) is 5.41 Å². The molecule has 0 spiro atoms. The number of primary amides is 1. The number of nitrogens with two attached hydrogens (primary N) is 2. The summed E-state index contributed by atoms with van der Waals surface area (Å²) < 4.78 is 0. The zero-order valence-electron chi connectivity index (χ0n) is 9.83. The molecule has 0 aromatic rings. The number of carbonyl (C=O) groups is 2. The molecule has 6 heteroatoms. The van der Waals surface area contributed by atoms with Crippen molar-refractivity contribution in [2.45, 2.75) is 38.5 Å². The largest absolute Gasteiger partial charge is 0.392 e. The molecule has 0 bridgehead atoms. The predicted molar refractivity (Wildman–Crippen MR) is 69.1 cm³/mol. The molecule has 0 saturated heterocycles. The molecule has 5 nitrogen and oxygen atoms in total.